The molecule has 2 heterocycles. The minimum atomic E-state index is -4.56. The lowest BCUT2D eigenvalue weighted by Gasteiger charge is -2.26. The van der Waals surface area contributed by atoms with Crippen molar-refractivity contribution in [2.24, 2.45) is 5.16 Å². The minimum absolute atomic E-state index is 0.00461. The fraction of sp³-hybridized carbons (Fsp3) is 0.480. The monoisotopic (exact) mass is 536 g/mol. The lowest BCUT2D eigenvalue weighted by Crippen LogP contribution is -2.37. The largest absolute Gasteiger partial charge is 0.508 e. The quantitative estimate of drug-likeness (QED) is 0.215. The summed E-state index contributed by atoms with van der Waals surface area (Å²) in [7, 11) is -4.56. The molecule has 0 unspecified atom stereocenters. The molecule has 1 aromatic carbocycles. The van der Waals surface area contributed by atoms with Crippen LogP contribution in [0, 0.1) is 0 Å². The Morgan fingerprint density at radius 3 is 2.57 bits per heavy atom. The smallest absolute Gasteiger partial charge is 0.362 e. The Bertz CT molecular complexity index is 1090. The van der Waals surface area contributed by atoms with Crippen LogP contribution in [-0.2, 0) is 25.4 Å². The number of phenols is 1. The molecule has 2 aliphatic rings. The molecule has 0 bridgehead atoms. The maximum Gasteiger partial charge on any atom is 0.362 e. The molecule has 202 valence electrons. The average molecular weight is 537 g/mol. The van der Waals surface area contributed by atoms with Gasteiger partial charge >= 0.3 is 13.6 Å². The van der Waals surface area contributed by atoms with Crippen LogP contribution in [-0.4, -0.2) is 70.0 Å². The Balaban J connectivity index is 1.89. The van der Waals surface area contributed by atoms with E-state index >= 15 is 0 Å². The van der Waals surface area contributed by atoms with Gasteiger partial charge in [-0.15, -0.1) is 0 Å². The van der Waals surface area contributed by atoms with Gasteiger partial charge in [0.25, 0.3) is 5.91 Å². The Morgan fingerprint density at radius 1 is 1.08 bits per heavy atom. The molecule has 2 aliphatic heterocycles. The van der Waals surface area contributed by atoms with Crippen molar-refractivity contribution in [2.45, 2.75) is 44.9 Å². The van der Waals surface area contributed by atoms with Crippen molar-refractivity contribution in [2.75, 3.05) is 32.7 Å². The van der Waals surface area contributed by atoms with E-state index in [1.54, 1.807) is 11.0 Å². The average Bonchev–Trinajstić information content (AvgIpc) is 2.85. The number of carbonyl (C=O) groups excluding carboxylic acids is 2. The number of nitrogens with zero attached hydrogens (tertiary/aromatic N) is 2. The summed E-state index contributed by atoms with van der Waals surface area (Å²) in [4.78, 5) is 51.0. The Labute approximate surface area is 215 Å². The van der Waals surface area contributed by atoms with Gasteiger partial charge in [-0.1, -0.05) is 23.4 Å². The number of cyclic esters (lactones) is 1. The number of carbonyl (C=O) groups is 2. The van der Waals surface area contributed by atoms with Crippen LogP contribution in [0.2, 0.25) is 0 Å². The lowest BCUT2D eigenvalue weighted by atomic mass is 9.99. The highest BCUT2D eigenvalue weighted by Crippen LogP contribution is 2.37. The molecule has 1 fully saturated rings. The van der Waals surface area contributed by atoms with Gasteiger partial charge < -0.3 is 34.1 Å². The number of esters is 1. The maximum atomic E-state index is 13.0. The number of aromatic hydroxyl groups is 1. The number of hydrogen-bond acceptors (Lipinski definition) is 8. The fourth-order valence-electron chi connectivity index (χ4n) is 3.96. The number of phenolic OH excluding ortho intramolecular Hbond substituents is 1. The molecule has 0 radical (unpaired) electrons. The van der Waals surface area contributed by atoms with E-state index in [-0.39, 0.29) is 48.2 Å². The Hall–Kier alpha value is -3.14. The third-order valence-electron chi connectivity index (χ3n) is 5.71. The third kappa shape index (κ3) is 9.68. The summed E-state index contributed by atoms with van der Waals surface area (Å²) in [6, 6.07) is 2.42. The molecule has 0 atom stereocenters. The molecule has 3 N–H and O–H groups in total. The predicted molar refractivity (Wildman–Crippen MR) is 136 cm³/mol. The molecular formula is C25H33N2O9P. The predicted octanol–water partition coefficient (Wildman–Crippen LogP) is 3.29. The van der Waals surface area contributed by atoms with Gasteiger partial charge in [-0.05, 0) is 56.2 Å². The first kappa shape index (κ1) is 28.4. The molecule has 11 nitrogen and oxygen atoms in total. The van der Waals surface area contributed by atoms with Gasteiger partial charge in [-0.2, -0.15) is 0 Å². The van der Waals surface area contributed by atoms with Crippen molar-refractivity contribution in [3.63, 3.8) is 0 Å². The highest BCUT2D eigenvalue weighted by molar-refractivity contribution is 7.51. The summed E-state index contributed by atoms with van der Waals surface area (Å²) in [5, 5.41) is 14.4. The van der Waals surface area contributed by atoms with Crippen LogP contribution in [0.25, 0.3) is 0 Å². The van der Waals surface area contributed by atoms with E-state index in [4.69, 9.17) is 14.3 Å². The summed E-state index contributed by atoms with van der Waals surface area (Å²) in [6.07, 6.45) is 11.5. The van der Waals surface area contributed by atoms with Crippen molar-refractivity contribution in [1.82, 2.24) is 4.90 Å². The van der Waals surface area contributed by atoms with Crippen LogP contribution in [0.4, 0.5) is 0 Å². The molecular weight excluding hydrogens is 503 g/mol. The molecule has 12 heteroatoms. The second-order valence-corrected chi connectivity index (χ2v) is 10.4. The van der Waals surface area contributed by atoms with Gasteiger partial charge in [-0.3, -0.25) is 9.36 Å². The van der Waals surface area contributed by atoms with Crippen molar-refractivity contribution in [1.29, 1.82) is 0 Å². The number of allylic oxidation sites excluding steroid dienone is 3. The maximum absolute atomic E-state index is 13.0. The molecule has 1 amide bonds. The zero-order valence-corrected chi connectivity index (χ0v) is 21.5. The van der Waals surface area contributed by atoms with Gasteiger partial charge in [0.15, 0.2) is 13.0 Å². The van der Waals surface area contributed by atoms with Crippen LogP contribution >= 0.6 is 7.60 Å². The highest BCUT2D eigenvalue weighted by atomic mass is 31.2. The topological polar surface area (TPSA) is 155 Å². The number of benzene rings is 1. The number of fused-ring (bicyclic) bond motifs is 1. The zero-order chi connectivity index (χ0) is 26.7. The molecule has 1 saturated heterocycles. The molecule has 0 aliphatic carbocycles. The number of piperidine rings is 1. The minimum Gasteiger partial charge on any atom is -0.508 e. The first-order valence-electron chi connectivity index (χ1n) is 12.2. The number of amides is 1. The van der Waals surface area contributed by atoms with Crippen molar-refractivity contribution >= 4 is 25.2 Å². The molecule has 0 aromatic heterocycles. The van der Waals surface area contributed by atoms with Crippen molar-refractivity contribution in [3.05, 3.63) is 47.6 Å². The van der Waals surface area contributed by atoms with Gasteiger partial charge in [0.2, 0.25) is 0 Å². The molecule has 3 rings (SSSR count). The van der Waals surface area contributed by atoms with E-state index in [1.807, 2.05) is 18.2 Å². The molecule has 37 heavy (non-hydrogen) atoms. The van der Waals surface area contributed by atoms with Crippen molar-refractivity contribution in [3.8, 4) is 11.5 Å². The van der Waals surface area contributed by atoms with Crippen LogP contribution in [0.15, 0.2) is 41.6 Å². The molecule has 0 spiro atoms. The van der Waals surface area contributed by atoms with Crippen LogP contribution in [0.3, 0.4) is 0 Å². The van der Waals surface area contributed by atoms with Crippen molar-refractivity contribution < 1.29 is 43.4 Å². The zero-order valence-electron chi connectivity index (χ0n) is 20.6. The Kier molecular flexibility index (Phi) is 10.7. The van der Waals surface area contributed by atoms with Crippen LogP contribution in [0.5, 0.6) is 11.5 Å². The molecule has 1 aromatic rings. The standard InChI is InChI=1S/C25H33N2O9P/c28-21-15-19-14-20(26-36-17-23(29)27-11-7-5-8-12-27)10-6-3-1-2-4-9-13-34-25(30)24(19)22(16-21)35-18-37(31,32)33/h2,4,6,10,15-16,28H,1,3,5,7-9,11-14,17-18H2,(H2,31,32,33)/b4-2+,10-6+,26-20?. The number of hydrogen-bond donors (Lipinski definition) is 3. The first-order valence-corrected chi connectivity index (χ1v) is 14.0. The van der Waals surface area contributed by atoms with Gasteiger partial charge in [0, 0.05) is 25.6 Å². The Morgan fingerprint density at radius 2 is 1.81 bits per heavy atom. The van der Waals surface area contributed by atoms with E-state index < -0.39 is 19.9 Å². The number of rotatable bonds is 6. The normalized spacial score (nSPS) is 20.3. The van der Waals surface area contributed by atoms with E-state index in [0.717, 1.165) is 31.7 Å². The third-order valence-corrected chi connectivity index (χ3v) is 6.17. The van der Waals surface area contributed by atoms with E-state index in [9.17, 15) is 29.0 Å². The number of likely N-dealkylation sites (tertiary alicyclic amines) is 1. The summed E-state index contributed by atoms with van der Waals surface area (Å²) in [5.41, 5.74) is 0.540. The van der Waals surface area contributed by atoms with Crippen LogP contribution in [0.1, 0.15) is 54.4 Å². The van der Waals surface area contributed by atoms with E-state index in [1.165, 1.54) is 6.07 Å². The summed E-state index contributed by atoms with van der Waals surface area (Å²) in [6.45, 7) is 1.24. The second kappa shape index (κ2) is 14.0. The van der Waals surface area contributed by atoms with E-state index in [0.29, 0.717) is 31.6 Å². The summed E-state index contributed by atoms with van der Waals surface area (Å²) in [5.74, 6) is -1.43. The lowest BCUT2D eigenvalue weighted by molar-refractivity contribution is -0.137. The summed E-state index contributed by atoms with van der Waals surface area (Å²) >= 11 is 0. The van der Waals surface area contributed by atoms with Gasteiger partial charge in [0.05, 0.1) is 12.3 Å². The molecule has 0 saturated carbocycles. The number of oxime groups is 1. The number of ether oxygens (including phenoxy) is 2. The second-order valence-electron chi connectivity index (χ2n) is 8.77. The van der Waals surface area contributed by atoms with Gasteiger partial charge in [0.1, 0.15) is 17.1 Å². The van der Waals surface area contributed by atoms with Gasteiger partial charge in [-0.25, -0.2) is 4.79 Å². The summed E-state index contributed by atoms with van der Waals surface area (Å²) < 4.78 is 21.9. The fourth-order valence-corrected chi connectivity index (χ4v) is 4.26. The highest BCUT2D eigenvalue weighted by Gasteiger charge is 2.24. The van der Waals surface area contributed by atoms with E-state index in [2.05, 4.69) is 5.16 Å². The van der Waals surface area contributed by atoms with Crippen LogP contribution < -0.4 is 4.74 Å². The SMILES string of the molecule is O=C1OCC/C=C/CC/C=C/C(=NOCC(=O)N2CCCCC2)Cc2cc(O)cc(OCP(=O)(O)O)c21. The first-order chi connectivity index (χ1) is 17.7.